The third kappa shape index (κ3) is 5.40. The Morgan fingerprint density at radius 3 is 2.47 bits per heavy atom. The van der Waals surface area contributed by atoms with Crippen molar-refractivity contribution in [3.8, 4) is 0 Å². The van der Waals surface area contributed by atoms with Gasteiger partial charge in [-0.25, -0.2) is 13.1 Å². The lowest BCUT2D eigenvalue weighted by Crippen LogP contribution is -2.43. The molecule has 0 saturated heterocycles. The molecule has 6 heteroatoms. The van der Waals surface area contributed by atoms with E-state index in [9.17, 15) is 13.2 Å². The first-order valence-corrected chi connectivity index (χ1v) is 7.75. The molecule has 0 bridgehead atoms. The zero-order valence-corrected chi connectivity index (χ0v) is 11.9. The summed E-state index contributed by atoms with van der Waals surface area (Å²) in [5, 5.41) is 0. The van der Waals surface area contributed by atoms with Gasteiger partial charge in [0.05, 0.1) is 12.9 Å². The number of carbonyl (C=O) groups excluding carboxylic acids is 1. The molecule has 19 heavy (non-hydrogen) atoms. The predicted molar refractivity (Wildman–Crippen MR) is 73.2 cm³/mol. The second-order valence-corrected chi connectivity index (χ2v) is 6.08. The summed E-state index contributed by atoms with van der Waals surface area (Å²) >= 11 is 0. The minimum Gasteiger partial charge on any atom is -0.468 e. The van der Waals surface area contributed by atoms with Crippen LogP contribution in [0.1, 0.15) is 18.9 Å². The summed E-state index contributed by atoms with van der Waals surface area (Å²) in [6.45, 7) is 1.77. The SMILES string of the molecule is CCCS(=O)(=O)NC(Cc1ccccc1)C(=O)OC. The van der Waals surface area contributed by atoms with Gasteiger partial charge in [-0.15, -0.1) is 0 Å². The minimum atomic E-state index is -3.46. The van der Waals surface area contributed by atoms with E-state index in [1.165, 1.54) is 7.11 Å². The Balaban J connectivity index is 2.82. The van der Waals surface area contributed by atoms with Gasteiger partial charge in [-0.3, -0.25) is 4.79 Å². The highest BCUT2D eigenvalue weighted by molar-refractivity contribution is 7.89. The van der Waals surface area contributed by atoms with Crippen molar-refractivity contribution in [2.75, 3.05) is 12.9 Å². The normalized spacial score (nSPS) is 12.9. The van der Waals surface area contributed by atoms with Crippen LogP contribution in [0.3, 0.4) is 0 Å². The van der Waals surface area contributed by atoms with Crippen molar-refractivity contribution in [1.29, 1.82) is 0 Å². The molecule has 0 aliphatic heterocycles. The molecule has 1 N–H and O–H groups in total. The topological polar surface area (TPSA) is 72.5 Å². The molecule has 1 aromatic rings. The number of benzene rings is 1. The number of carbonyl (C=O) groups is 1. The average Bonchev–Trinajstić information content (AvgIpc) is 2.38. The smallest absolute Gasteiger partial charge is 0.324 e. The number of methoxy groups -OCH3 is 1. The molecule has 1 aromatic carbocycles. The second-order valence-electron chi connectivity index (χ2n) is 4.20. The molecule has 5 nitrogen and oxygen atoms in total. The standard InChI is InChI=1S/C13H19NO4S/c1-3-9-19(16,17)14-12(13(15)18-2)10-11-7-5-4-6-8-11/h4-8,12,14H,3,9-10H2,1-2H3. The minimum absolute atomic E-state index is 0.00468. The van der Waals surface area contributed by atoms with Gasteiger partial charge in [0.1, 0.15) is 6.04 Å². The fourth-order valence-corrected chi connectivity index (χ4v) is 2.98. The van der Waals surface area contributed by atoms with Gasteiger partial charge in [0.2, 0.25) is 10.0 Å². The summed E-state index contributed by atoms with van der Waals surface area (Å²) in [6, 6.07) is 8.32. The number of hydrogen-bond acceptors (Lipinski definition) is 4. The molecule has 0 saturated carbocycles. The molecule has 0 aliphatic rings. The van der Waals surface area contributed by atoms with Crippen molar-refractivity contribution >= 4 is 16.0 Å². The molecule has 0 amide bonds. The molecule has 1 atom stereocenters. The van der Waals surface area contributed by atoms with Crippen molar-refractivity contribution in [3.05, 3.63) is 35.9 Å². The van der Waals surface area contributed by atoms with Gasteiger partial charge < -0.3 is 4.74 Å². The zero-order valence-electron chi connectivity index (χ0n) is 11.1. The molecular formula is C13H19NO4S. The Bertz CT molecular complexity index is 499. The Kier molecular flexibility index (Phi) is 5.98. The van der Waals surface area contributed by atoms with Gasteiger partial charge >= 0.3 is 5.97 Å². The van der Waals surface area contributed by atoms with Gasteiger partial charge in [-0.2, -0.15) is 0 Å². The van der Waals surface area contributed by atoms with E-state index in [4.69, 9.17) is 0 Å². The summed E-state index contributed by atoms with van der Waals surface area (Å²) < 4.78 is 30.5. The van der Waals surface area contributed by atoms with Crippen LogP contribution < -0.4 is 4.72 Å². The monoisotopic (exact) mass is 285 g/mol. The van der Waals surface area contributed by atoms with Crippen molar-refractivity contribution in [1.82, 2.24) is 4.72 Å². The molecule has 1 unspecified atom stereocenters. The molecule has 0 heterocycles. The number of rotatable bonds is 7. The van der Waals surface area contributed by atoms with Crippen molar-refractivity contribution in [3.63, 3.8) is 0 Å². The molecule has 1 rings (SSSR count). The number of esters is 1. The van der Waals surface area contributed by atoms with Crippen LogP contribution in [0.4, 0.5) is 0 Å². The quantitative estimate of drug-likeness (QED) is 0.761. The Labute approximate surface area is 114 Å². The lowest BCUT2D eigenvalue weighted by molar-refractivity contribution is -0.142. The largest absolute Gasteiger partial charge is 0.468 e. The van der Waals surface area contributed by atoms with Crippen LogP contribution in [0.15, 0.2) is 30.3 Å². The lowest BCUT2D eigenvalue weighted by Gasteiger charge is -2.16. The van der Waals surface area contributed by atoms with Crippen LogP contribution >= 0.6 is 0 Å². The number of hydrogen-bond donors (Lipinski definition) is 1. The van der Waals surface area contributed by atoms with E-state index in [2.05, 4.69) is 9.46 Å². The Morgan fingerprint density at radius 1 is 1.32 bits per heavy atom. The molecule has 106 valence electrons. The van der Waals surface area contributed by atoms with Crippen molar-refractivity contribution in [2.24, 2.45) is 0 Å². The van der Waals surface area contributed by atoms with Crippen LogP contribution in [-0.4, -0.2) is 33.3 Å². The molecular weight excluding hydrogens is 266 g/mol. The maximum absolute atomic E-state index is 11.7. The van der Waals surface area contributed by atoms with Gasteiger partial charge in [-0.05, 0) is 18.4 Å². The van der Waals surface area contributed by atoms with E-state index in [0.29, 0.717) is 6.42 Å². The highest BCUT2D eigenvalue weighted by Gasteiger charge is 2.24. The van der Waals surface area contributed by atoms with E-state index in [0.717, 1.165) is 5.56 Å². The van der Waals surface area contributed by atoms with Gasteiger partial charge in [0.15, 0.2) is 0 Å². The molecule has 0 fully saturated rings. The Morgan fingerprint density at radius 2 is 1.95 bits per heavy atom. The number of nitrogens with one attached hydrogen (secondary N) is 1. The van der Waals surface area contributed by atoms with Gasteiger partial charge in [0, 0.05) is 0 Å². The summed E-state index contributed by atoms with van der Waals surface area (Å²) in [6.07, 6.45) is 0.769. The van der Waals surface area contributed by atoms with Crippen LogP contribution in [0.25, 0.3) is 0 Å². The van der Waals surface area contributed by atoms with Gasteiger partial charge in [-0.1, -0.05) is 37.3 Å². The van der Waals surface area contributed by atoms with Crippen LogP contribution in [-0.2, 0) is 26.0 Å². The van der Waals surface area contributed by atoms with Crippen LogP contribution in [0.2, 0.25) is 0 Å². The first-order valence-electron chi connectivity index (χ1n) is 6.10. The molecule has 0 spiro atoms. The van der Waals surface area contributed by atoms with E-state index < -0.39 is 22.0 Å². The number of sulfonamides is 1. The fourth-order valence-electron chi connectivity index (χ4n) is 1.71. The second kappa shape index (κ2) is 7.25. The van der Waals surface area contributed by atoms with E-state index in [-0.39, 0.29) is 12.2 Å². The highest BCUT2D eigenvalue weighted by Crippen LogP contribution is 2.06. The maximum Gasteiger partial charge on any atom is 0.324 e. The first kappa shape index (κ1) is 15.7. The zero-order chi connectivity index (χ0) is 14.3. The third-order valence-corrected chi connectivity index (χ3v) is 4.15. The summed E-state index contributed by atoms with van der Waals surface area (Å²) in [4.78, 5) is 11.6. The Hall–Kier alpha value is -1.40. The fraction of sp³-hybridized carbons (Fsp3) is 0.462. The first-order chi connectivity index (χ1) is 8.98. The highest BCUT2D eigenvalue weighted by atomic mass is 32.2. The van der Waals surface area contributed by atoms with E-state index in [1.807, 2.05) is 30.3 Å². The molecule has 0 aliphatic carbocycles. The van der Waals surface area contributed by atoms with Crippen LogP contribution in [0, 0.1) is 0 Å². The predicted octanol–water partition coefficient (Wildman–Crippen LogP) is 1.10. The average molecular weight is 285 g/mol. The van der Waals surface area contributed by atoms with Gasteiger partial charge in [0.25, 0.3) is 0 Å². The lowest BCUT2D eigenvalue weighted by atomic mass is 10.1. The summed E-state index contributed by atoms with van der Waals surface area (Å²) in [7, 11) is -2.21. The van der Waals surface area contributed by atoms with E-state index >= 15 is 0 Å². The molecule has 0 aromatic heterocycles. The number of ether oxygens (including phenoxy) is 1. The van der Waals surface area contributed by atoms with Crippen molar-refractivity contribution in [2.45, 2.75) is 25.8 Å². The summed E-state index contributed by atoms with van der Waals surface area (Å²) in [5.41, 5.74) is 0.872. The van der Waals surface area contributed by atoms with Crippen LogP contribution in [0.5, 0.6) is 0 Å². The van der Waals surface area contributed by atoms with E-state index in [1.54, 1.807) is 6.92 Å². The van der Waals surface area contributed by atoms with Crippen molar-refractivity contribution < 1.29 is 17.9 Å². The third-order valence-electron chi connectivity index (χ3n) is 2.56. The molecule has 0 radical (unpaired) electrons. The summed E-state index contributed by atoms with van der Waals surface area (Å²) in [5.74, 6) is -0.585. The maximum atomic E-state index is 11.7.